The molecule has 9 heteroatoms. The van der Waals surface area contributed by atoms with Crippen LogP contribution in [0.4, 0.5) is 0 Å². The van der Waals surface area contributed by atoms with Crippen molar-refractivity contribution in [3.63, 3.8) is 0 Å². The molecule has 8 nitrogen and oxygen atoms in total. The average molecular weight is 628 g/mol. The van der Waals surface area contributed by atoms with Gasteiger partial charge in [-0.1, -0.05) is 34.6 Å². The summed E-state index contributed by atoms with van der Waals surface area (Å²) < 4.78 is 37.1. The Balaban J connectivity index is 1.32. The Kier molecular flexibility index (Phi) is 12.5. The second-order valence-electron chi connectivity index (χ2n) is 15.9. The number of unbranched alkanes of at least 4 members (excludes halogenated alkanes) is 1. The minimum atomic E-state index is -4.45. The first-order chi connectivity index (χ1) is 20.3. The fourth-order valence-corrected chi connectivity index (χ4v) is 11.3. The minimum Gasteiger partial charge on any atom is -0.393 e. The summed E-state index contributed by atoms with van der Waals surface area (Å²) in [6.45, 7) is 15.3. The van der Waals surface area contributed by atoms with Gasteiger partial charge in [0.25, 0.3) is 0 Å². The Morgan fingerprint density at radius 3 is 2.30 bits per heavy atom. The van der Waals surface area contributed by atoms with E-state index in [1.807, 2.05) is 13.8 Å². The van der Waals surface area contributed by atoms with Crippen molar-refractivity contribution >= 4 is 10.4 Å². The summed E-state index contributed by atoms with van der Waals surface area (Å²) in [7, 11) is -4.45. The molecule has 4 saturated carbocycles. The van der Waals surface area contributed by atoms with Crippen LogP contribution in [0.3, 0.4) is 0 Å². The van der Waals surface area contributed by atoms with E-state index < -0.39 is 16.5 Å². The van der Waals surface area contributed by atoms with Crippen molar-refractivity contribution in [3.8, 4) is 0 Å². The largest absolute Gasteiger partial charge is 0.397 e. The van der Waals surface area contributed by atoms with E-state index in [1.165, 1.54) is 44.9 Å². The van der Waals surface area contributed by atoms with E-state index in [9.17, 15) is 18.1 Å². The normalized spacial score (nSPS) is 39.2. The summed E-state index contributed by atoms with van der Waals surface area (Å²) in [6.07, 6.45) is 13.7. The summed E-state index contributed by atoms with van der Waals surface area (Å²) in [5.74, 6) is 3.21. The molecule has 4 rings (SSSR count). The molecule has 4 aliphatic rings. The zero-order valence-electron chi connectivity index (χ0n) is 27.9. The molecule has 5 unspecified atom stereocenters. The Morgan fingerprint density at radius 1 is 0.907 bits per heavy atom. The molecule has 0 spiro atoms. The van der Waals surface area contributed by atoms with Crippen LogP contribution in [-0.4, -0.2) is 62.5 Å². The van der Waals surface area contributed by atoms with Crippen molar-refractivity contribution in [2.75, 3.05) is 26.2 Å². The van der Waals surface area contributed by atoms with E-state index in [0.29, 0.717) is 53.4 Å². The molecule has 0 radical (unpaired) electrons. The molecule has 43 heavy (non-hydrogen) atoms. The Labute approximate surface area is 263 Å². The molecule has 0 aliphatic heterocycles. The quantitative estimate of drug-likeness (QED) is 0.111. The highest BCUT2D eigenvalue weighted by Gasteiger charge is 2.62. The third kappa shape index (κ3) is 8.36. The van der Waals surface area contributed by atoms with Crippen LogP contribution in [0.25, 0.3) is 0 Å². The first-order valence-corrected chi connectivity index (χ1v) is 19.1. The molecule has 4 aliphatic carbocycles. The fraction of sp³-hybridized carbons (Fsp3) is 1.00. The molecular formula is C34H65N3O5S. The van der Waals surface area contributed by atoms with E-state index in [0.717, 1.165) is 58.3 Å². The standard InChI is InChI=1S/C34H65N3O5S/c1-23(2)31(42-43(39,40)41)12-9-24(3)27-10-11-28-32-29(14-16-34(27,28)5)33(4)15-13-26(21-25(33)22-30(32)38)37-20-8-19-36-18-7-6-17-35/h23-32,36-38H,6-22,35H2,1-5H3,(H,39,40,41)/t24?,25-,26+,27-,28?,29?,30-,31?,32?,33+,34-/m1/s1. The first-order valence-electron chi connectivity index (χ1n) is 17.8. The van der Waals surface area contributed by atoms with Crippen LogP contribution >= 0.6 is 0 Å². The first kappa shape index (κ1) is 35.6. The number of rotatable bonds is 16. The molecule has 0 heterocycles. The highest BCUT2D eigenvalue weighted by molar-refractivity contribution is 7.80. The van der Waals surface area contributed by atoms with Gasteiger partial charge >= 0.3 is 10.4 Å². The van der Waals surface area contributed by atoms with E-state index in [-0.39, 0.29) is 17.4 Å². The smallest absolute Gasteiger partial charge is 0.393 e. The van der Waals surface area contributed by atoms with Gasteiger partial charge in [-0.25, -0.2) is 4.18 Å². The zero-order chi connectivity index (χ0) is 31.4. The summed E-state index contributed by atoms with van der Waals surface area (Å²) in [6, 6.07) is 0.573. The van der Waals surface area contributed by atoms with Gasteiger partial charge in [-0.3, -0.25) is 4.55 Å². The van der Waals surface area contributed by atoms with E-state index in [2.05, 4.69) is 31.4 Å². The van der Waals surface area contributed by atoms with E-state index in [4.69, 9.17) is 9.92 Å². The summed E-state index contributed by atoms with van der Waals surface area (Å²) in [4.78, 5) is 0. The molecule has 0 amide bonds. The third-order valence-electron chi connectivity index (χ3n) is 13.1. The molecule has 0 aromatic heterocycles. The third-order valence-corrected chi connectivity index (χ3v) is 13.6. The average Bonchev–Trinajstić information content (AvgIpc) is 3.29. The van der Waals surface area contributed by atoms with Crippen LogP contribution in [0, 0.1) is 52.3 Å². The summed E-state index contributed by atoms with van der Waals surface area (Å²) in [5.41, 5.74) is 6.13. The summed E-state index contributed by atoms with van der Waals surface area (Å²) in [5, 5.41) is 19.2. The molecular weight excluding hydrogens is 562 g/mol. The molecule has 252 valence electrons. The van der Waals surface area contributed by atoms with Crippen molar-refractivity contribution < 1.29 is 22.3 Å². The van der Waals surface area contributed by atoms with Crippen LogP contribution in [0.15, 0.2) is 0 Å². The Morgan fingerprint density at radius 2 is 1.60 bits per heavy atom. The van der Waals surface area contributed by atoms with Crippen LogP contribution in [0.5, 0.6) is 0 Å². The van der Waals surface area contributed by atoms with Gasteiger partial charge in [-0.05, 0) is 162 Å². The SMILES string of the molecule is CC(C)C(CCC(C)[C@H]1CCC2C3C(CC[C@@]21C)[C@@]1(C)CC[C@H](NCCCNCCCCN)C[C@@H]1C[C@H]3O)OS(=O)(=O)O. The lowest BCUT2D eigenvalue weighted by atomic mass is 9.43. The van der Waals surface area contributed by atoms with E-state index >= 15 is 0 Å². The van der Waals surface area contributed by atoms with Gasteiger partial charge in [0, 0.05) is 6.04 Å². The number of nitrogens with two attached hydrogens (primary N) is 1. The van der Waals surface area contributed by atoms with Crippen LogP contribution in [0.1, 0.15) is 118 Å². The zero-order valence-corrected chi connectivity index (χ0v) is 28.7. The number of aliphatic hydroxyl groups excluding tert-OH is 1. The lowest BCUT2D eigenvalue weighted by Gasteiger charge is -2.62. The second-order valence-corrected chi connectivity index (χ2v) is 17.0. The van der Waals surface area contributed by atoms with Gasteiger partial charge in [0.1, 0.15) is 0 Å². The van der Waals surface area contributed by atoms with Crippen molar-refractivity contribution in [1.82, 2.24) is 10.6 Å². The maximum atomic E-state index is 11.8. The lowest BCUT2D eigenvalue weighted by Crippen LogP contribution is -2.59. The molecule has 0 bridgehead atoms. The number of hydrogen-bond acceptors (Lipinski definition) is 7. The van der Waals surface area contributed by atoms with Crippen molar-refractivity contribution in [2.24, 2.45) is 58.0 Å². The van der Waals surface area contributed by atoms with Crippen molar-refractivity contribution in [3.05, 3.63) is 0 Å². The number of aliphatic hydroxyl groups is 1. The molecule has 0 aromatic rings. The number of fused-ring (bicyclic) bond motifs is 5. The van der Waals surface area contributed by atoms with Gasteiger partial charge in [0.15, 0.2) is 0 Å². The monoisotopic (exact) mass is 627 g/mol. The fourth-order valence-electron chi connectivity index (χ4n) is 10.7. The van der Waals surface area contributed by atoms with Crippen LogP contribution < -0.4 is 16.4 Å². The number of nitrogens with one attached hydrogen (secondary N) is 2. The van der Waals surface area contributed by atoms with Crippen LogP contribution in [-0.2, 0) is 14.6 Å². The molecule has 0 saturated heterocycles. The maximum Gasteiger partial charge on any atom is 0.397 e. The molecule has 6 N–H and O–H groups in total. The predicted molar refractivity (Wildman–Crippen MR) is 174 cm³/mol. The minimum absolute atomic E-state index is 0.0152. The molecule has 0 aromatic carbocycles. The van der Waals surface area contributed by atoms with Gasteiger partial charge in [-0.15, -0.1) is 0 Å². The topological polar surface area (TPSA) is 134 Å². The summed E-state index contributed by atoms with van der Waals surface area (Å²) >= 11 is 0. The van der Waals surface area contributed by atoms with Gasteiger partial charge in [-0.2, -0.15) is 8.42 Å². The van der Waals surface area contributed by atoms with Crippen molar-refractivity contribution in [2.45, 2.75) is 136 Å². The van der Waals surface area contributed by atoms with Crippen LogP contribution in [0.2, 0.25) is 0 Å². The Hall–Kier alpha value is -0.290. The van der Waals surface area contributed by atoms with E-state index in [1.54, 1.807) is 0 Å². The van der Waals surface area contributed by atoms with Gasteiger partial charge in [0.05, 0.1) is 12.2 Å². The molecule has 4 fully saturated rings. The molecule has 11 atom stereocenters. The number of hydrogen-bond donors (Lipinski definition) is 5. The van der Waals surface area contributed by atoms with Crippen molar-refractivity contribution in [1.29, 1.82) is 0 Å². The maximum absolute atomic E-state index is 11.8. The van der Waals surface area contributed by atoms with Gasteiger partial charge in [0.2, 0.25) is 0 Å². The Bertz CT molecular complexity index is 981. The second kappa shape index (κ2) is 15.1. The van der Waals surface area contributed by atoms with Gasteiger partial charge < -0.3 is 21.5 Å². The predicted octanol–water partition coefficient (Wildman–Crippen LogP) is 5.55. The lowest BCUT2D eigenvalue weighted by molar-refractivity contribution is -0.167. The highest BCUT2D eigenvalue weighted by Crippen LogP contribution is 2.68. The highest BCUT2D eigenvalue weighted by atomic mass is 32.3.